The lowest BCUT2D eigenvalue weighted by Gasteiger charge is -2.11. The Morgan fingerprint density at radius 1 is 1.16 bits per heavy atom. The number of carbonyl (C=O) groups is 1. The van der Waals surface area contributed by atoms with Crippen LogP contribution in [0.3, 0.4) is 0 Å². The zero-order valence-electron chi connectivity index (χ0n) is 13.2. The molecule has 1 atom stereocenters. The molecule has 8 heteroatoms. The van der Waals surface area contributed by atoms with Crippen LogP contribution in [0.1, 0.15) is 6.92 Å². The summed E-state index contributed by atoms with van der Waals surface area (Å²) in [5.41, 5.74) is 1.39. The molecule has 0 saturated carbocycles. The van der Waals surface area contributed by atoms with Crippen molar-refractivity contribution in [3.05, 3.63) is 64.9 Å². The van der Waals surface area contributed by atoms with Crippen LogP contribution in [0.25, 0.3) is 5.69 Å². The van der Waals surface area contributed by atoms with Crippen molar-refractivity contribution in [1.29, 1.82) is 0 Å². The highest BCUT2D eigenvalue weighted by Gasteiger charge is 2.18. The number of para-hydroxylation sites is 1. The van der Waals surface area contributed by atoms with Gasteiger partial charge in [-0.15, -0.1) is 5.10 Å². The minimum absolute atomic E-state index is 0.203. The summed E-state index contributed by atoms with van der Waals surface area (Å²) in [6.07, 6.45) is 1.62. The Labute approximate surface area is 159 Å². The summed E-state index contributed by atoms with van der Waals surface area (Å²) in [6, 6.07) is 14.7. The predicted octanol–water partition coefficient (Wildman–Crippen LogP) is 4.69. The lowest BCUT2D eigenvalue weighted by Crippen LogP contribution is -2.22. The fraction of sp³-hybridized carbons (Fsp3) is 0.118. The molecule has 128 valence electrons. The van der Waals surface area contributed by atoms with E-state index in [1.807, 2.05) is 30.3 Å². The molecule has 3 rings (SSSR count). The Hall–Kier alpha value is -2.02. The zero-order valence-corrected chi connectivity index (χ0v) is 15.5. The number of carbonyl (C=O) groups excluding carboxylic acids is 1. The molecule has 0 aliphatic carbocycles. The second-order valence-electron chi connectivity index (χ2n) is 5.16. The average Bonchev–Trinajstić information content (AvgIpc) is 3.08. The van der Waals surface area contributed by atoms with E-state index in [0.29, 0.717) is 20.9 Å². The Morgan fingerprint density at radius 3 is 2.68 bits per heavy atom. The molecule has 5 nitrogen and oxygen atoms in total. The Balaban J connectivity index is 1.66. The monoisotopic (exact) mass is 392 g/mol. The molecule has 1 heterocycles. The second-order valence-corrected chi connectivity index (χ2v) is 7.25. The molecule has 1 amide bonds. The molecular weight excluding hydrogens is 379 g/mol. The number of hydrogen-bond donors (Lipinski definition) is 1. The van der Waals surface area contributed by atoms with E-state index in [9.17, 15) is 4.79 Å². The summed E-state index contributed by atoms with van der Waals surface area (Å²) < 4.78 is 1.67. The van der Waals surface area contributed by atoms with Gasteiger partial charge >= 0.3 is 0 Å². The van der Waals surface area contributed by atoms with Gasteiger partial charge in [-0.1, -0.05) is 59.2 Å². The van der Waals surface area contributed by atoms with Crippen molar-refractivity contribution in [2.24, 2.45) is 0 Å². The van der Waals surface area contributed by atoms with Gasteiger partial charge in [-0.05, 0) is 31.2 Å². The average molecular weight is 393 g/mol. The lowest BCUT2D eigenvalue weighted by atomic mass is 10.3. The van der Waals surface area contributed by atoms with Gasteiger partial charge in [0.1, 0.15) is 6.33 Å². The van der Waals surface area contributed by atoms with Gasteiger partial charge in [-0.25, -0.2) is 9.67 Å². The van der Waals surface area contributed by atoms with Crippen LogP contribution in [-0.4, -0.2) is 25.9 Å². The number of anilines is 1. The van der Waals surface area contributed by atoms with Crippen LogP contribution in [0, 0.1) is 0 Å². The first kappa shape index (κ1) is 17.8. The second kappa shape index (κ2) is 7.91. The number of nitrogens with one attached hydrogen (secondary N) is 1. The first-order valence-corrected chi connectivity index (χ1v) is 9.07. The number of hydrogen-bond acceptors (Lipinski definition) is 4. The highest BCUT2D eigenvalue weighted by molar-refractivity contribution is 8.00. The van der Waals surface area contributed by atoms with Gasteiger partial charge in [-0.3, -0.25) is 4.79 Å². The number of benzene rings is 2. The number of aromatic nitrogens is 3. The van der Waals surface area contributed by atoms with E-state index >= 15 is 0 Å². The van der Waals surface area contributed by atoms with E-state index in [1.165, 1.54) is 11.8 Å². The van der Waals surface area contributed by atoms with Crippen LogP contribution in [0.5, 0.6) is 0 Å². The molecule has 3 aromatic rings. The van der Waals surface area contributed by atoms with E-state index in [1.54, 1.807) is 36.1 Å². The van der Waals surface area contributed by atoms with Crippen LogP contribution >= 0.6 is 35.0 Å². The van der Waals surface area contributed by atoms with E-state index < -0.39 is 5.25 Å². The Bertz CT molecular complexity index is 885. The molecule has 0 aliphatic heterocycles. The Kier molecular flexibility index (Phi) is 5.63. The minimum Gasteiger partial charge on any atom is -0.324 e. The summed E-state index contributed by atoms with van der Waals surface area (Å²) in [5, 5.41) is 7.98. The Morgan fingerprint density at radius 2 is 1.92 bits per heavy atom. The summed E-state index contributed by atoms with van der Waals surface area (Å²) in [5.74, 6) is -0.203. The molecule has 0 spiro atoms. The van der Waals surface area contributed by atoms with Crippen LogP contribution in [0.2, 0.25) is 10.0 Å². The number of halogens is 2. The van der Waals surface area contributed by atoms with E-state index in [4.69, 9.17) is 23.2 Å². The summed E-state index contributed by atoms with van der Waals surface area (Å²) >= 11 is 13.3. The highest BCUT2D eigenvalue weighted by Crippen LogP contribution is 2.30. The van der Waals surface area contributed by atoms with Gasteiger partial charge in [0, 0.05) is 0 Å². The molecule has 0 fully saturated rings. The van der Waals surface area contributed by atoms with Gasteiger partial charge in [0.25, 0.3) is 0 Å². The smallest absolute Gasteiger partial charge is 0.237 e. The van der Waals surface area contributed by atoms with E-state index in [2.05, 4.69) is 15.4 Å². The first-order valence-electron chi connectivity index (χ1n) is 7.43. The van der Waals surface area contributed by atoms with Gasteiger partial charge in [0.2, 0.25) is 11.1 Å². The fourth-order valence-corrected chi connectivity index (χ4v) is 3.13. The molecule has 1 unspecified atom stereocenters. The normalized spacial score (nSPS) is 12.0. The third-order valence-electron chi connectivity index (χ3n) is 3.35. The highest BCUT2D eigenvalue weighted by atomic mass is 35.5. The van der Waals surface area contributed by atoms with Gasteiger partial charge in [0.05, 0.1) is 26.7 Å². The van der Waals surface area contributed by atoms with Crippen molar-refractivity contribution in [2.45, 2.75) is 17.3 Å². The minimum atomic E-state index is -0.401. The molecule has 0 saturated heterocycles. The molecule has 2 aromatic carbocycles. The molecule has 1 aromatic heterocycles. The van der Waals surface area contributed by atoms with E-state index in [-0.39, 0.29) is 5.91 Å². The predicted molar refractivity (Wildman–Crippen MR) is 102 cm³/mol. The van der Waals surface area contributed by atoms with Gasteiger partial charge in [-0.2, -0.15) is 0 Å². The maximum atomic E-state index is 12.4. The quantitative estimate of drug-likeness (QED) is 0.639. The van der Waals surface area contributed by atoms with Crippen LogP contribution < -0.4 is 5.32 Å². The molecule has 25 heavy (non-hydrogen) atoms. The van der Waals surface area contributed by atoms with Crippen LogP contribution in [-0.2, 0) is 4.79 Å². The van der Waals surface area contributed by atoms with Crippen molar-refractivity contribution in [3.63, 3.8) is 0 Å². The third kappa shape index (κ3) is 4.34. The number of thioether (sulfide) groups is 1. The molecule has 0 aliphatic rings. The van der Waals surface area contributed by atoms with Crippen molar-refractivity contribution in [1.82, 2.24) is 14.8 Å². The van der Waals surface area contributed by atoms with Crippen molar-refractivity contribution < 1.29 is 4.79 Å². The fourth-order valence-electron chi connectivity index (χ4n) is 2.05. The maximum absolute atomic E-state index is 12.4. The first-order chi connectivity index (χ1) is 12.0. The van der Waals surface area contributed by atoms with Crippen molar-refractivity contribution >= 4 is 46.6 Å². The molecule has 1 N–H and O–H groups in total. The molecule has 0 bridgehead atoms. The van der Waals surface area contributed by atoms with E-state index in [0.717, 1.165) is 5.69 Å². The standard InChI is InChI=1S/C17H14Cl2N4OS/c1-11(16(24)21-14-9-5-8-13(18)15(14)19)25-17-20-10-23(22-17)12-6-3-2-4-7-12/h2-11H,1H3,(H,21,24). The van der Waals surface area contributed by atoms with Gasteiger partial charge in [0.15, 0.2) is 0 Å². The molecule has 0 radical (unpaired) electrons. The topological polar surface area (TPSA) is 59.8 Å². The summed E-state index contributed by atoms with van der Waals surface area (Å²) in [7, 11) is 0. The molecular formula is C17H14Cl2N4OS. The van der Waals surface area contributed by atoms with Crippen molar-refractivity contribution in [3.8, 4) is 5.69 Å². The van der Waals surface area contributed by atoms with Crippen molar-refractivity contribution in [2.75, 3.05) is 5.32 Å². The maximum Gasteiger partial charge on any atom is 0.237 e. The zero-order chi connectivity index (χ0) is 17.8. The number of rotatable bonds is 5. The van der Waals surface area contributed by atoms with Crippen LogP contribution in [0.15, 0.2) is 60.0 Å². The summed E-state index contributed by atoms with van der Waals surface area (Å²) in [4.78, 5) is 16.6. The van der Waals surface area contributed by atoms with Crippen LogP contribution in [0.4, 0.5) is 5.69 Å². The summed E-state index contributed by atoms with van der Waals surface area (Å²) in [6.45, 7) is 1.78. The largest absolute Gasteiger partial charge is 0.324 e. The number of nitrogens with zero attached hydrogens (tertiary/aromatic N) is 3. The third-order valence-corrected chi connectivity index (χ3v) is 5.14. The van der Waals surface area contributed by atoms with Gasteiger partial charge < -0.3 is 5.32 Å². The lowest BCUT2D eigenvalue weighted by molar-refractivity contribution is -0.115. The SMILES string of the molecule is CC(Sc1ncn(-c2ccccc2)n1)C(=O)Nc1cccc(Cl)c1Cl. The number of amides is 1.